The number of carbonyl (C=O) groups is 2. The second-order valence-corrected chi connectivity index (χ2v) is 17.3. The van der Waals surface area contributed by atoms with E-state index in [2.05, 4.69) is 0 Å². The molecule has 0 spiro atoms. The average molecular weight is 937 g/mol. The summed E-state index contributed by atoms with van der Waals surface area (Å²) in [5, 5.41) is 32.7. The smallest absolute Gasteiger partial charge is 0.342 e. The van der Waals surface area contributed by atoms with Crippen LogP contribution < -0.4 is 9.47 Å². The van der Waals surface area contributed by atoms with Crippen molar-refractivity contribution in [1.29, 1.82) is 0 Å². The highest BCUT2D eigenvalue weighted by Gasteiger charge is 2.53. The molecule has 2 heterocycles. The number of pyridine rings is 1. The van der Waals surface area contributed by atoms with E-state index >= 15 is 0 Å². The van der Waals surface area contributed by atoms with Gasteiger partial charge in [0.15, 0.2) is 5.75 Å². The highest BCUT2D eigenvalue weighted by molar-refractivity contribution is 6.01. The molecule has 10 heteroatoms. The Morgan fingerprint density at radius 2 is 1.10 bits per heavy atom. The number of aryl methyl sites for hydroxylation is 1. The first-order valence-electron chi connectivity index (χ1n) is 23.8. The third kappa shape index (κ3) is 12.1. The number of hydrogen-bond acceptors (Lipinski definition) is 9. The van der Waals surface area contributed by atoms with Gasteiger partial charge >= 0.3 is 11.9 Å². The maximum atomic E-state index is 13.1. The van der Waals surface area contributed by atoms with Gasteiger partial charge < -0.3 is 29.5 Å². The third-order valence-corrected chi connectivity index (χ3v) is 12.3. The molecular weight excluding hydrogens is 877 g/mol. The third-order valence-electron chi connectivity index (χ3n) is 12.3. The molecule has 70 heavy (non-hydrogen) atoms. The minimum Gasteiger partial charge on any atom is -0.505 e. The van der Waals surface area contributed by atoms with E-state index < -0.39 is 23.5 Å². The summed E-state index contributed by atoms with van der Waals surface area (Å²) in [7, 11) is 0. The first kappa shape index (κ1) is 50.1. The van der Waals surface area contributed by atoms with Crippen molar-refractivity contribution in [3.8, 4) is 28.7 Å². The van der Waals surface area contributed by atoms with Crippen molar-refractivity contribution >= 4 is 17.7 Å². The van der Waals surface area contributed by atoms with Gasteiger partial charge in [-0.1, -0.05) is 148 Å². The van der Waals surface area contributed by atoms with Crippen LogP contribution in [-0.2, 0) is 40.6 Å². The van der Waals surface area contributed by atoms with E-state index in [1.54, 1.807) is 31.2 Å². The summed E-state index contributed by atoms with van der Waals surface area (Å²) in [4.78, 5) is 35.4. The van der Waals surface area contributed by atoms with Gasteiger partial charge in [0.25, 0.3) is 0 Å². The number of benzene rings is 6. The molecule has 0 saturated carbocycles. The monoisotopic (exact) mass is 936 g/mol. The SMILES string of the molecule is CCCC1=NC(Cc2cccc(Oc3ccccc3)c2)=C(C)C(C(=O)O)(c2ccccc2)C1O.CCCc1nc(Cc2cccc(Oc3ccccc3)c2)c(C)c(C(=O)OCCc2ccccc2)c1O. The Labute approximate surface area is 410 Å². The van der Waals surface area contributed by atoms with Gasteiger partial charge in [-0.15, -0.1) is 0 Å². The second kappa shape index (κ2) is 24.0. The summed E-state index contributed by atoms with van der Waals surface area (Å²) < 4.78 is 17.5. The van der Waals surface area contributed by atoms with Gasteiger partial charge in [0.2, 0.25) is 0 Å². The number of carboxylic acids is 1. The van der Waals surface area contributed by atoms with Crippen LogP contribution in [0.25, 0.3) is 0 Å². The largest absolute Gasteiger partial charge is 0.505 e. The van der Waals surface area contributed by atoms with Gasteiger partial charge in [-0.3, -0.25) is 14.8 Å². The zero-order chi connectivity index (χ0) is 49.5. The summed E-state index contributed by atoms with van der Waals surface area (Å²) in [6.45, 7) is 7.84. The number of aromatic hydroxyl groups is 1. The molecule has 0 bridgehead atoms. The Hall–Kier alpha value is -7.82. The number of para-hydroxylation sites is 2. The zero-order valence-corrected chi connectivity index (χ0v) is 40.2. The number of esters is 1. The molecule has 2 unspecified atom stereocenters. The highest BCUT2D eigenvalue weighted by atomic mass is 16.5. The van der Waals surface area contributed by atoms with Crippen molar-refractivity contribution < 1.29 is 39.1 Å². The first-order chi connectivity index (χ1) is 34.0. The number of aliphatic hydroxyl groups excluding tert-OH is 1. The Morgan fingerprint density at radius 1 is 0.600 bits per heavy atom. The summed E-state index contributed by atoms with van der Waals surface area (Å²) in [5.74, 6) is 1.25. The van der Waals surface area contributed by atoms with Gasteiger partial charge in [-0.05, 0) is 109 Å². The van der Waals surface area contributed by atoms with Gasteiger partial charge in [0.05, 0.1) is 12.3 Å². The molecule has 1 aliphatic heterocycles. The number of ether oxygens (including phenoxy) is 3. The lowest BCUT2D eigenvalue weighted by atomic mass is 9.66. The Bertz CT molecular complexity index is 2920. The fraction of sp³-hybridized carbons (Fsp3) is 0.233. The molecule has 6 aromatic carbocycles. The maximum absolute atomic E-state index is 13.1. The van der Waals surface area contributed by atoms with Crippen LogP contribution in [0.15, 0.2) is 186 Å². The number of rotatable bonds is 18. The van der Waals surface area contributed by atoms with Crippen molar-refractivity contribution in [3.05, 3.63) is 226 Å². The number of carboxylic acid groups (broad SMARTS) is 1. The van der Waals surface area contributed by atoms with Crippen LogP contribution in [0.5, 0.6) is 28.7 Å². The van der Waals surface area contributed by atoms with Crippen LogP contribution in [0.3, 0.4) is 0 Å². The molecule has 2 atom stereocenters. The Morgan fingerprint density at radius 3 is 1.64 bits per heavy atom. The number of aromatic nitrogens is 1. The van der Waals surface area contributed by atoms with Crippen molar-refractivity contribution in [1.82, 2.24) is 4.98 Å². The minimum atomic E-state index is -1.58. The van der Waals surface area contributed by atoms with E-state index in [0.29, 0.717) is 71.7 Å². The van der Waals surface area contributed by atoms with Crippen molar-refractivity contribution in [2.24, 2.45) is 4.99 Å². The quantitative estimate of drug-likeness (QED) is 0.0715. The van der Waals surface area contributed by atoms with E-state index in [9.17, 15) is 24.9 Å². The molecule has 1 aliphatic rings. The van der Waals surface area contributed by atoms with Gasteiger partial charge in [0, 0.05) is 36.4 Å². The molecule has 7 aromatic rings. The summed E-state index contributed by atoms with van der Waals surface area (Å²) in [6, 6.07) is 53.6. The number of carbonyl (C=O) groups excluding carboxylic acids is 1. The summed E-state index contributed by atoms with van der Waals surface area (Å²) in [5.41, 5.74) is 5.81. The fourth-order valence-electron chi connectivity index (χ4n) is 8.75. The van der Waals surface area contributed by atoms with E-state index in [0.717, 1.165) is 52.5 Å². The Balaban J connectivity index is 0.000000207. The van der Waals surface area contributed by atoms with E-state index in [1.165, 1.54) is 0 Å². The summed E-state index contributed by atoms with van der Waals surface area (Å²) in [6.07, 6.45) is 2.96. The van der Waals surface area contributed by atoms with Crippen LogP contribution in [0.4, 0.5) is 0 Å². The average Bonchev–Trinajstić information content (AvgIpc) is 3.36. The Kier molecular flexibility index (Phi) is 17.1. The standard InChI is InChI=1S/C31H31NO4.C29H29NO4/c1-3-11-27-30(33)29(31(34)35-19-18-23-12-6-4-7-13-23)22(2)28(32-27)21-24-14-10-17-26(20-24)36-25-15-8-5-9-16-25;1-3-11-25-27(31)29(28(32)33,22-13-6-4-7-14-22)20(2)26(30-25)19-21-12-10-17-24(18-21)34-23-15-8-5-9-16-23/h4-10,12-17,20,33H,3,11,18-19,21H2,1-2H3;4-10,12-18,27,31H,3,11,19H2,1-2H3,(H,32,33). The number of aliphatic carboxylic acids is 1. The van der Waals surface area contributed by atoms with Gasteiger partial charge in [0.1, 0.15) is 40.1 Å². The highest BCUT2D eigenvalue weighted by Crippen LogP contribution is 2.43. The van der Waals surface area contributed by atoms with Crippen molar-refractivity contribution in [2.45, 2.75) is 84.2 Å². The molecule has 0 fully saturated rings. The predicted molar refractivity (Wildman–Crippen MR) is 274 cm³/mol. The molecule has 3 N–H and O–H groups in total. The lowest BCUT2D eigenvalue weighted by molar-refractivity contribution is -0.145. The fourth-order valence-corrected chi connectivity index (χ4v) is 8.75. The maximum Gasteiger partial charge on any atom is 0.342 e. The molecule has 0 aliphatic carbocycles. The minimum absolute atomic E-state index is 0.0797. The van der Waals surface area contributed by atoms with Gasteiger partial charge in [-0.2, -0.15) is 0 Å². The molecular formula is C60H60N2O8. The van der Waals surface area contributed by atoms with Crippen LogP contribution in [0.2, 0.25) is 0 Å². The van der Waals surface area contributed by atoms with Gasteiger partial charge in [-0.25, -0.2) is 4.79 Å². The second-order valence-electron chi connectivity index (χ2n) is 17.3. The lowest BCUT2D eigenvalue weighted by Crippen LogP contribution is -2.53. The zero-order valence-electron chi connectivity index (χ0n) is 40.2. The first-order valence-corrected chi connectivity index (χ1v) is 23.8. The number of hydrogen-bond donors (Lipinski definition) is 3. The predicted octanol–water partition coefficient (Wildman–Crippen LogP) is 12.8. The van der Waals surface area contributed by atoms with E-state index in [-0.39, 0.29) is 17.9 Å². The number of nitrogens with zero attached hydrogens (tertiary/aromatic N) is 2. The molecule has 0 amide bonds. The molecule has 0 radical (unpaired) electrons. The van der Waals surface area contributed by atoms with E-state index in [4.69, 9.17) is 24.2 Å². The molecule has 8 rings (SSSR count). The molecule has 10 nitrogen and oxygen atoms in total. The topological polar surface area (TPSA) is 148 Å². The number of allylic oxidation sites excluding steroid dienone is 1. The number of aliphatic imine (C=N–C) groups is 1. The molecule has 1 aromatic heterocycles. The summed E-state index contributed by atoms with van der Waals surface area (Å²) >= 11 is 0. The van der Waals surface area contributed by atoms with Crippen LogP contribution in [0, 0.1) is 6.92 Å². The molecule has 358 valence electrons. The van der Waals surface area contributed by atoms with Crippen molar-refractivity contribution in [3.63, 3.8) is 0 Å². The number of aliphatic hydroxyl groups is 1. The van der Waals surface area contributed by atoms with E-state index in [1.807, 2.05) is 166 Å². The molecule has 0 saturated heterocycles. The van der Waals surface area contributed by atoms with Crippen LogP contribution in [0.1, 0.15) is 89.6 Å². The van der Waals surface area contributed by atoms with Crippen molar-refractivity contribution in [2.75, 3.05) is 6.61 Å². The van der Waals surface area contributed by atoms with Crippen LogP contribution in [-0.4, -0.2) is 50.7 Å². The van der Waals surface area contributed by atoms with Crippen LogP contribution >= 0.6 is 0 Å². The lowest BCUT2D eigenvalue weighted by Gasteiger charge is -2.40. The normalized spacial score (nSPS) is 15.3.